The van der Waals surface area contributed by atoms with Crippen molar-refractivity contribution >= 4 is 27.5 Å². The SMILES string of the molecule is CCCCC/C=C\CCC/C(C)=C/c1cc(-c2cc3cc(CCC/C=C\CCCCC)sc3cc2C)c(C)cc1C. The lowest BCUT2D eigenvalue weighted by molar-refractivity contribution is 0.726. The first-order valence-corrected chi connectivity index (χ1v) is 17.4. The third kappa shape index (κ3) is 11.1. The molecule has 0 amide bonds. The molecule has 0 spiro atoms. The Morgan fingerprint density at radius 3 is 1.88 bits per heavy atom. The second-order valence-corrected chi connectivity index (χ2v) is 13.3. The molecule has 3 rings (SSSR count). The van der Waals surface area contributed by atoms with Crippen LogP contribution in [0.4, 0.5) is 0 Å². The molecule has 0 unspecified atom stereocenters. The Morgan fingerprint density at radius 2 is 1.22 bits per heavy atom. The first kappa shape index (κ1) is 33.1. The summed E-state index contributed by atoms with van der Waals surface area (Å²) < 4.78 is 1.43. The van der Waals surface area contributed by atoms with E-state index in [1.165, 1.54) is 144 Å². The zero-order valence-corrected chi connectivity index (χ0v) is 27.9. The maximum atomic E-state index is 2.45. The quantitative estimate of drug-likeness (QED) is 0.106. The number of fused-ring (bicyclic) bond motifs is 1. The molecule has 0 aliphatic heterocycles. The number of thiophene rings is 1. The van der Waals surface area contributed by atoms with Gasteiger partial charge in [0.25, 0.3) is 0 Å². The van der Waals surface area contributed by atoms with E-state index < -0.39 is 0 Å². The van der Waals surface area contributed by atoms with E-state index >= 15 is 0 Å². The van der Waals surface area contributed by atoms with Crippen LogP contribution in [0.3, 0.4) is 0 Å². The summed E-state index contributed by atoms with van der Waals surface area (Å²) in [5.41, 5.74) is 9.73. The summed E-state index contributed by atoms with van der Waals surface area (Å²) in [7, 11) is 0. The lowest BCUT2D eigenvalue weighted by Crippen LogP contribution is -1.92. The van der Waals surface area contributed by atoms with Crippen molar-refractivity contribution in [1.29, 1.82) is 0 Å². The normalized spacial score (nSPS) is 12.5. The van der Waals surface area contributed by atoms with Crippen LogP contribution in [0.15, 0.2) is 60.2 Å². The monoisotopic (exact) mass is 568 g/mol. The van der Waals surface area contributed by atoms with E-state index in [-0.39, 0.29) is 0 Å². The Labute approximate surface area is 256 Å². The second kappa shape index (κ2) is 18.2. The van der Waals surface area contributed by atoms with Gasteiger partial charge in [-0.2, -0.15) is 0 Å². The van der Waals surface area contributed by atoms with E-state index in [9.17, 15) is 0 Å². The third-order valence-electron chi connectivity index (χ3n) is 8.24. The van der Waals surface area contributed by atoms with E-state index in [1.54, 1.807) is 0 Å². The van der Waals surface area contributed by atoms with Crippen molar-refractivity contribution in [3.8, 4) is 11.1 Å². The number of aryl methyl sites for hydroxylation is 4. The molecule has 0 bridgehead atoms. The highest BCUT2D eigenvalue weighted by Crippen LogP contribution is 2.36. The van der Waals surface area contributed by atoms with E-state index in [2.05, 4.69) is 102 Å². The zero-order chi connectivity index (χ0) is 29.5. The number of rotatable bonds is 18. The Morgan fingerprint density at radius 1 is 0.634 bits per heavy atom. The Kier molecular flexibility index (Phi) is 14.7. The molecule has 0 N–H and O–H groups in total. The average molecular weight is 569 g/mol. The zero-order valence-electron chi connectivity index (χ0n) is 27.1. The predicted octanol–water partition coefficient (Wildman–Crippen LogP) is 13.7. The van der Waals surface area contributed by atoms with Gasteiger partial charge in [0, 0.05) is 9.58 Å². The maximum absolute atomic E-state index is 2.45. The molecule has 222 valence electrons. The molecular weight excluding hydrogens is 513 g/mol. The summed E-state index contributed by atoms with van der Waals surface area (Å²) in [6, 6.07) is 12.1. The van der Waals surface area contributed by atoms with Crippen molar-refractivity contribution in [1.82, 2.24) is 0 Å². The molecule has 1 aromatic heterocycles. The lowest BCUT2D eigenvalue weighted by atomic mass is 9.91. The van der Waals surface area contributed by atoms with Crippen molar-refractivity contribution in [2.75, 3.05) is 0 Å². The van der Waals surface area contributed by atoms with Gasteiger partial charge in [0.15, 0.2) is 0 Å². The minimum atomic E-state index is 1.17. The summed E-state index contributed by atoms with van der Waals surface area (Å²) in [6.45, 7) is 13.7. The number of hydrogen-bond donors (Lipinski definition) is 0. The van der Waals surface area contributed by atoms with Crippen LogP contribution in [0.2, 0.25) is 0 Å². The van der Waals surface area contributed by atoms with Crippen LogP contribution in [0.5, 0.6) is 0 Å². The van der Waals surface area contributed by atoms with Crippen LogP contribution in [-0.4, -0.2) is 0 Å². The van der Waals surface area contributed by atoms with Gasteiger partial charge in [-0.3, -0.25) is 0 Å². The van der Waals surface area contributed by atoms with E-state index in [4.69, 9.17) is 0 Å². The summed E-state index contributed by atoms with van der Waals surface area (Å²) in [4.78, 5) is 1.52. The van der Waals surface area contributed by atoms with Crippen LogP contribution in [0.1, 0.15) is 131 Å². The number of allylic oxidation sites excluding steroid dienone is 5. The first-order chi connectivity index (χ1) is 19.9. The predicted molar refractivity (Wildman–Crippen MR) is 188 cm³/mol. The van der Waals surface area contributed by atoms with Crippen LogP contribution in [-0.2, 0) is 6.42 Å². The fraction of sp³-hybridized carbons (Fsp3) is 0.500. The lowest BCUT2D eigenvalue weighted by Gasteiger charge is -2.14. The van der Waals surface area contributed by atoms with Crippen molar-refractivity contribution in [3.63, 3.8) is 0 Å². The molecular formula is C40H56S. The summed E-state index contributed by atoms with van der Waals surface area (Å²) in [5.74, 6) is 0. The molecule has 1 heterocycles. The molecule has 0 nitrogen and oxygen atoms in total. The standard InChI is InChI=1S/C40H56S/c1-7-9-11-13-15-17-19-21-23-31(3)25-35-29-38(33(5)26-32(35)4)39-30-36-28-37(41-40(36)27-34(39)6)24-22-20-18-16-14-12-10-8-2/h15-18,25-30H,7-14,19-24H2,1-6H3/b17-15-,18-16-,31-25+. The fourth-order valence-corrected chi connectivity index (χ4v) is 6.88. The van der Waals surface area contributed by atoms with Crippen molar-refractivity contribution in [2.45, 2.75) is 131 Å². The van der Waals surface area contributed by atoms with E-state index in [0.29, 0.717) is 0 Å². The maximum Gasteiger partial charge on any atom is 0.0348 e. The Hall–Kier alpha value is -2.38. The molecule has 0 saturated carbocycles. The molecule has 0 aliphatic rings. The first-order valence-electron chi connectivity index (χ1n) is 16.5. The minimum Gasteiger partial charge on any atom is -0.140 e. The van der Waals surface area contributed by atoms with Gasteiger partial charge in [0.05, 0.1) is 0 Å². The van der Waals surface area contributed by atoms with Crippen molar-refractivity contribution in [2.24, 2.45) is 0 Å². The third-order valence-corrected chi connectivity index (χ3v) is 9.39. The molecule has 0 aliphatic carbocycles. The molecule has 0 saturated heterocycles. The molecule has 41 heavy (non-hydrogen) atoms. The smallest absolute Gasteiger partial charge is 0.0348 e. The highest BCUT2D eigenvalue weighted by molar-refractivity contribution is 7.19. The van der Waals surface area contributed by atoms with Gasteiger partial charge < -0.3 is 0 Å². The molecule has 0 radical (unpaired) electrons. The van der Waals surface area contributed by atoms with Gasteiger partial charge in [-0.05, 0) is 155 Å². The second-order valence-electron chi connectivity index (χ2n) is 12.2. The molecule has 1 heteroatoms. The topological polar surface area (TPSA) is 0 Å². The molecule has 0 fully saturated rings. The Bertz CT molecular complexity index is 1300. The van der Waals surface area contributed by atoms with Gasteiger partial charge in [0.1, 0.15) is 0 Å². The van der Waals surface area contributed by atoms with Gasteiger partial charge in [-0.25, -0.2) is 0 Å². The van der Waals surface area contributed by atoms with Gasteiger partial charge in [0.2, 0.25) is 0 Å². The Balaban J connectivity index is 1.66. The van der Waals surface area contributed by atoms with Crippen molar-refractivity contribution < 1.29 is 0 Å². The van der Waals surface area contributed by atoms with Gasteiger partial charge in [-0.1, -0.05) is 81.6 Å². The van der Waals surface area contributed by atoms with E-state index in [0.717, 1.165) is 0 Å². The van der Waals surface area contributed by atoms with Crippen LogP contribution in [0.25, 0.3) is 27.3 Å². The number of unbranched alkanes of at least 4 members (excludes halogenated alkanes) is 8. The number of benzene rings is 2. The highest BCUT2D eigenvalue weighted by Gasteiger charge is 2.12. The van der Waals surface area contributed by atoms with Crippen LogP contribution < -0.4 is 0 Å². The summed E-state index contributed by atoms with van der Waals surface area (Å²) in [5, 5.41) is 1.40. The highest BCUT2D eigenvalue weighted by atomic mass is 32.1. The van der Waals surface area contributed by atoms with Crippen LogP contribution in [0, 0.1) is 20.8 Å². The summed E-state index contributed by atoms with van der Waals surface area (Å²) in [6.07, 6.45) is 29.6. The van der Waals surface area contributed by atoms with E-state index in [1.807, 2.05) is 11.3 Å². The molecule has 0 atom stereocenters. The van der Waals surface area contributed by atoms with Gasteiger partial charge in [-0.15, -0.1) is 11.3 Å². The number of hydrogen-bond acceptors (Lipinski definition) is 1. The summed E-state index contributed by atoms with van der Waals surface area (Å²) >= 11 is 1.99. The molecule has 2 aromatic carbocycles. The van der Waals surface area contributed by atoms with Crippen molar-refractivity contribution in [3.05, 3.63) is 87.3 Å². The minimum absolute atomic E-state index is 1.17. The molecule has 3 aromatic rings. The fourth-order valence-electron chi connectivity index (χ4n) is 5.70. The average Bonchev–Trinajstić information content (AvgIpc) is 3.34. The van der Waals surface area contributed by atoms with Crippen LogP contribution >= 0.6 is 11.3 Å². The largest absolute Gasteiger partial charge is 0.140 e. The van der Waals surface area contributed by atoms with Gasteiger partial charge >= 0.3 is 0 Å².